The Balaban J connectivity index is 1.53. The molecular formula is C27H26ClN3O4. The van der Waals surface area contributed by atoms with Crippen LogP contribution in [0, 0.1) is 0 Å². The molecule has 0 saturated carbocycles. The maximum atomic E-state index is 13.2. The van der Waals surface area contributed by atoms with Gasteiger partial charge in [-0.2, -0.15) is 0 Å². The van der Waals surface area contributed by atoms with Gasteiger partial charge in [0.15, 0.2) is 0 Å². The summed E-state index contributed by atoms with van der Waals surface area (Å²) in [5.74, 6) is -0.458. The van der Waals surface area contributed by atoms with Crippen LogP contribution in [0.3, 0.4) is 0 Å². The van der Waals surface area contributed by atoms with Gasteiger partial charge in [0.2, 0.25) is 0 Å². The number of barbiturate groups is 1. The van der Waals surface area contributed by atoms with Gasteiger partial charge in [-0.25, -0.2) is 9.69 Å². The number of urea groups is 1. The highest BCUT2D eigenvalue weighted by Gasteiger charge is 2.37. The first kappa shape index (κ1) is 24.3. The summed E-state index contributed by atoms with van der Waals surface area (Å²) >= 11 is 6.13. The molecule has 0 spiro atoms. The zero-order chi connectivity index (χ0) is 24.9. The zero-order valence-electron chi connectivity index (χ0n) is 19.5. The van der Waals surface area contributed by atoms with Crippen LogP contribution in [0.25, 0.3) is 6.08 Å². The number of nitrogens with zero attached hydrogens (tertiary/aromatic N) is 2. The van der Waals surface area contributed by atoms with Gasteiger partial charge < -0.3 is 9.30 Å². The number of benzene rings is 2. The molecule has 4 amide bonds. The van der Waals surface area contributed by atoms with Gasteiger partial charge in [0, 0.05) is 11.9 Å². The Morgan fingerprint density at radius 1 is 1.03 bits per heavy atom. The summed E-state index contributed by atoms with van der Waals surface area (Å²) in [4.78, 5) is 39.3. The highest BCUT2D eigenvalue weighted by molar-refractivity contribution is 6.39. The van der Waals surface area contributed by atoms with Gasteiger partial charge in [-0.15, -0.1) is 0 Å². The minimum atomic E-state index is -0.767. The summed E-state index contributed by atoms with van der Waals surface area (Å²) in [5, 5.41) is 2.79. The van der Waals surface area contributed by atoms with Crippen molar-refractivity contribution in [2.24, 2.45) is 0 Å². The van der Waals surface area contributed by atoms with Gasteiger partial charge in [-0.05, 0) is 60.4 Å². The fourth-order valence-electron chi connectivity index (χ4n) is 3.81. The molecule has 1 unspecified atom stereocenters. The number of imide groups is 2. The molecule has 3 aromatic rings. The Bertz CT molecular complexity index is 1280. The van der Waals surface area contributed by atoms with Crippen LogP contribution in [-0.4, -0.2) is 29.0 Å². The van der Waals surface area contributed by atoms with Crippen LogP contribution in [0.4, 0.5) is 10.5 Å². The first-order valence-electron chi connectivity index (χ1n) is 11.4. The van der Waals surface area contributed by atoms with Crippen molar-refractivity contribution in [3.8, 4) is 5.75 Å². The number of aromatic nitrogens is 1. The molecule has 7 nitrogen and oxygen atoms in total. The molecule has 1 aliphatic heterocycles. The van der Waals surface area contributed by atoms with Crippen LogP contribution >= 0.6 is 11.6 Å². The monoisotopic (exact) mass is 491 g/mol. The fourth-order valence-corrected chi connectivity index (χ4v) is 4.00. The number of ether oxygens (including phenoxy) is 1. The molecule has 1 atom stereocenters. The van der Waals surface area contributed by atoms with E-state index in [0.29, 0.717) is 41.2 Å². The normalized spacial score (nSPS) is 15.9. The van der Waals surface area contributed by atoms with Crippen LogP contribution in [0.2, 0.25) is 5.02 Å². The van der Waals surface area contributed by atoms with Crippen LogP contribution < -0.4 is 15.0 Å². The Morgan fingerprint density at radius 3 is 2.49 bits per heavy atom. The number of para-hydroxylation sites is 1. The van der Waals surface area contributed by atoms with Crippen LogP contribution in [0.1, 0.15) is 37.4 Å². The number of carbonyl (C=O) groups is 3. The van der Waals surface area contributed by atoms with E-state index in [1.165, 1.54) is 6.08 Å². The molecule has 0 bridgehead atoms. The van der Waals surface area contributed by atoms with E-state index in [-0.39, 0.29) is 5.57 Å². The predicted molar refractivity (Wildman–Crippen MR) is 136 cm³/mol. The van der Waals surface area contributed by atoms with E-state index in [0.717, 1.165) is 16.9 Å². The standard InChI is InChI=1S/C27H26ClN3O4/c1-3-18(2)19-10-12-20(13-11-19)31-26(33)22(25(32)29-27(31)34)17-21-7-6-14-30(21)15-16-35-24-9-5-4-8-23(24)28/h4-14,17-18H,3,15-16H2,1-2H3,(H,29,32,34)/b22-17-. The van der Waals surface area contributed by atoms with Crippen molar-refractivity contribution in [3.05, 3.63) is 88.7 Å². The molecule has 4 rings (SSSR count). The molecule has 8 heteroatoms. The molecule has 0 radical (unpaired) electrons. The number of halogens is 1. The second kappa shape index (κ2) is 10.6. The first-order chi connectivity index (χ1) is 16.9. The lowest BCUT2D eigenvalue weighted by Crippen LogP contribution is -2.54. The van der Waals surface area contributed by atoms with Crippen molar-refractivity contribution in [1.82, 2.24) is 9.88 Å². The smallest absolute Gasteiger partial charge is 0.335 e. The lowest BCUT2D eigenvalue weighted by atomic mass is 9.98. The molecule has 35 heavy (non-hydrogen) atoms. The summed E-state index contributed by atoms with van der Waals surface area (Å²) in [6.07, 6.45) is 4.29. The van der Waals surface area contributed by atoms with E-state index in [2.05, 4.69) is 19.2 Å². The molecule has 0 aliphatic carbocycles. The summed E-state index contributed by atoms with van der Waals surface area (Å²) in [5.41, 5.74) is 2.03. The largest absolute Gasteiger partial charge is 0.490 e. The quantitative estimate of drug-likeness (QED) is 0.338. The van der Waals surface area contributed by atoms with Crippen LogP contribution in [-0.2, 0) is 16.1 Å². The highest BCUT2D eigenvalue weighted by Crippen LogP contribution is 2.26. The number of hydrogen-bond acceptors (Lipinski definition) is 4. The Hall–Kier alpha value is -3.84. The SMILES string of the molecule is CCC(C)c1ccc(N2C(=O)NC(=O)/C(=C/c3cccn3CCOc3ccccc3Cl)C2=O)cc1. The minimum absolute atomic E-state index is 0.123. The topological polar surface area (TPSA) is 80.6 Å². The van der Waals surface area contributed by atoms with Gasteiger partial charge in [0.25, 0.3) is 11.8 Å². The van der Waals surface area contributed by atoms with Crippen LogP contribution in [0.15, 0.2) is 72.4 Å². The van der Waals surface area contributed by atoms with Crippen LogP contribution in [0.5, 0.6) is 5.75 Å². The number of rotatable bonds is 8. The van der Waals surface area contributed by atoms with Crippen molar-refractivity contribution in [3.63, 3.8) is 0 Å². The first-order valence-corrected chi connectivity index (χ1v) is 11.8. The summed E-state index contributed by atoms with van der Waals surface area (Å²) < 4.78 is 7.60. The van der Waals surface area contributed by atoms with E-state index in [1.807, 2.05) is 41.1 Å². The summed E-state index contributed by atoms with van der Waals surface area (Å²) in [7, 11) is 0. The molecule has 1 saturated heterocycles. The third kappa shape index (κ3) is 5.30. The third-order valence-corrected chi connectivity index (χ3v) is 6.33. The summed E-state index contributed by atoms with van der Waals surface area (Å²) in [6, 6.07) is 17.3. The molecule has 180 valence electrons. The van der Waals surface area contributed by atoms with Gasteiger partial charge in [-0.3, -0.25) is 14.9 Å². The molecule has 1 aliphatic rings. The average molecular weight is 492 g/mol. The van der Waals surface area contributed by atoms with Gasteiger partial charge in [-0.1, -0.05) is 49.7 Å². The maximum Gasteiger partial charge on any atom is 0.335 e. The van der Waals surface area contributed by atoms with Gasteiger partial charge in [0.1, 0.15) is 17.9 Å². The zero-order valence-corrected chi connectivity index (χ0v) is 20.3. The lowest BCUT2D eigenvalue weighted by Gasteiger charge is -2.26. The molecular weight excluding hydrogens is 466 g/mol. The molecule has 2 heterocycles. The van der Waals surface area contributed by atoms with E-state index >= 15 is 0 Å². The third-order valence-electron chi connectivity index (χ3n) is 6.02. The van der Waals surface area contributed by atoms with Crippen molar-refractivity contribution in [1.29, 1.82) is 0 Å². The van der Waals surface area contributed by atoms with Gasteiger partial charge >= 0.3 is 6.03 Å². The maximum absolute atomic E-state index is 13.2. The minimum Gasteiger partial charge on any atom is -0.490 e. The van der Waals surface area contributed by atoms with E-state index in [4.69, 9.17) is 16.3 Å². The fraction of sp³-hybridized carbons (Fsp3) is 0.222. The molecule has 1 aromatic heterocycles. The predicted octanol–water partition coefficient (Wildman–Crippen LogP) is 5.40. The van der Waals surface area contributed by atoms with E-state index < -0.39 is 17.8 Å². The van der Waals surface area contributed by atoms with E-state index in [9.17, 15) is 14.4 Å². The van der Waals surface area contributed by atoms with E-state index in [1.54, 1.807) is 30.3 Å². The van der Waals surface area contributed by atoms with Crippen molar-refractivity contribution < 1.29 is 19.1 Å². The molecule has 1 N–H and O–H groups in total. The molecule has 1 fully saturated rings. The van der Waals surface area contributed by atoms with Gasteiger partial charge in [0.05, 0.1) is 17.3 Å². The van der Waals surface area contributed by atoms with Crippen molar-refractivity contribution in [2.75, 3.05) is 11.5 Å². The Morgan fingerprint density at radius 2 is 1.77 bits per heavy atom. The van der Waals surface area contributed by atoms with Crippen molar-refractivity contribution >= 4 is 41.2 Å². The number of carbonyl (C=O) groups excluding carboxylic acids is 3. The highest BCUT2D eigenvalue weighted by atomic mass is 35.5. The Labute approximate surface area is 208 Å². The summed E-state index contributed by atoms with van der Waals surface area (Å²) in [6.45, 7) is 5.01. The number of nitrogens with one attached hydrogen (secondary N) is 1. The number of anilines is 1. The number of hydrogen-bond donors (Lipinski definition) is 1. The van der Waals surface area contributed by atoms with Crippen molar-refractivity contribution in [2.45, 2.75) is 32.7 Å². The number of amides is 4. The second-order valence-electron chi connectivity index (χ2n) is 8.26. The molecule has 2 aromatic carbocycles. The Kier molecular flexibility index (Phi) is 7.36. The average Bonchev–Trinajstić information content (AvgIpc) is 3.29. The lowest BCUT2D eigenvalue weighted by molar-refractivity contribution is -0.122. The second-order valence-corrected chi connectivity index (χ2v) is 8.67.